The smallest absolute Gasteiger partial charge is 0.338 e. The van der Waals surface area contributed by atoms with Gasteiger partial charge in [0.25, 0.3) is 5.56 Å². The second-order valence-corrected chi connectivity index (χ2v) is 9.76. The summed E-state index contributed by atoms with van der Waals surface area (Å²) in [6.07, 6.45) is 3.12. The topological polar surface area (TPSA) is 90.3 Å². The second-order valence-electron chi connectivity index (χ2n) is 8.90. The quantitative estimate of drug-likeness (QED) is 0.229. The van der Waals surface area contributed by atoms with Crippen LogP contribution in [-0.2, 0) is 16.1 Å². The summed E-state index contributed by atoms with van der Waals surface area (Å²) in [5, 5.41) is 5.19. The van der Waals surface area contributed by atoms with Crippen LogP contribution in [0.2, 0.25) is 0 Å². The Kier molecular flexibility index (Phi) is 7.95. The minimum atomic E-state index is -0.433. The predicted molar refractivity (Wildman–Crippen MR) is 144 cm³/mol. The van der Waals surface area contributed by atoms with E-state index in [-0.39, 0.29) is 12.1 Å². The molecule has 1 amide bonds. The van der Waals surface area contributed by atoms with Crippen LogP contribution in [0.3, 0.4) is 0 Å². The Bertz CT molecular complexity index is 1440. The Morgan fingerprint density at radius 2 is 1.92 bits per heavy atom. The normalized spacial score (nSPS) is 11.1. The number of thiophene rings is 1. The van der Waals surface area contributed by atoms with Gasteiger partial charge in [-0.05, 0) is 41.7 Å². The molecule has 2 heterocycles. The first-order valence-corrected chi connectivity index (χ1v) is 12.9. The highest BCUT2D eigenvalue weighted by molar-refractivity contribution is 7.17. The lowest BCUT2D eigenvalue weighted by molar-refractivity contribution is -0.116. The summed E-state index contributed by atoms with van der Waals surface area (Å²) in [6.45, 7) is 6.45. The van der Waals surface area contributed by atoms with Crippen LogP contribution in [0.15, 0.2) is 65.0 Å². The van der Waals surface area contributed by atoms with Crippen molar-refractivity contribution in [1.29, 1.82) is 0 Å². The number of rotatable bonds is 9. The molecule has 0 saturated carbocycles. The number of ether oxygens (including phenoxy) is 1. The Hall–Kier alpha value is -3.78. The van der Waals surface area contributed by atoms with Crippen LogP contribution in [0, 0.1) is 0 Å². The maximum Gasteiger partial charge on any atom is 0.338 e. The number of carbonyl (C=O) groups is 2. The number of esters is 1. The summed E-state index contributed by atoms with van der Waals surface area (Å²) in [5.74, 6) is -0.410. The van der Waals surface area contributed by atoms with Gasteiger partial charge in [-0.3, -0.25) is 14.2 Å². The van der Waals surface area contributed by atoms with Crippen LogP contribution < -0.4 is 10.9 Å². The van der Waals surface area contributed by atoms with Crippen molar-refractivity contribution < 1.29 is 14.3 Å². The summed E-state index contributed by atoms with van der Waals surface area (Å²) in [4.78, 5) is 43.3. The zero-order valence-corrected chi connectivity index (χ0v) is 21.4. The van der Waals surface area contributed by atoms with Crippen LogP contribution in [-0.4, -0.2) is 28.0 Å². The molecule has 0 atom stereocenters. The number of nitrogens with one attached hydrogen (secondary N) is 1. The minimum absolute atomic E-state index is 0.200. The highest BCUT2D eigenvalue weighted by atomic mass is 32.1. The fourth-order valence-electron chi connectivity index (χ4n) is 3.81. The summed E-state index contributed by atoms with van der Waals surface area (Å²) in [5.41, 5.74) is 3.52. The van der Waals surface area contributed by atoms with Crippen molar-refractivity contribution in [2.75, 3.05) is 11.9 Å². The molecule has 0 unspecified atom stereocenters. The van der Waals surface area contributed by atoms with Crippen molar-refractivity contribution >= 4 is 39.1 Å². The number of aromatic nitrogens is 2. The third-order valence-electron chi connectivity index (χ3n) is 5.88. The molecule has 0 radical (unpaired) electrons. The van der Waals surface area contributed by atoms with Gasteiger partial charge in [-0.25, -0.2) is 9.78 Å². The lowest BCUT2D eigenvalue weighted by Gasteiger charge is -2.10. The summed E-state index contributed by atoms with van der Waals surface area (Å²) >= 11 is 1.41. The molecule has 0 aliphatic carbocycles. The molecule has 0 spiro atoms. The van der Waals surface area contributed by atoms with E-state index in [1.165, 1.54) is 27.8 Å². The van der Waals surface area contributed by atoms with Gasteiger partial charge in [0.15, 0.2) is 0 Å². The molecule has 36 heavy (non-hydrogen) atoms. The van der Waals surface area contributed by atoms with E-state index in [4.69, 9.17) is 4.74 Å². The van der Waals surface area contributed by atoms with Crippen molar-refractivity contribution in [3.05, 3.63) is 81.7 Å². The molecule has 4 aromatic rings. The van der Waals surface area contributed by atoms with Gasteiger partial charge in [-0.2, -0.15) is 0 Å². The molecular formula is C28H29N3O4S. The highest BCUT2D eigenvalue weighted by Crippen LogP contribution is 2.31. The van der Waals surface area contributed by atoms with Crippen molar-refractivity contribution in [3.8, 4) is 11.1 Å². The average Bonchev–Trinajstić information content (AvgIpc) is 3.31. The van der Waals surface area contributed by atoms with Crippen molar-refractivity contribution in [1.82, 2.24) is 9.55 Å². The van der Waals surface area contributed by atoms with Gasteiger partial charge in [-0.1, -0.05) is 57.5 Å². The van der Waals surface area contributed by atoms with E-state index < -0.39 is 11.9 Å². The number of anilines is 1. The summed E-state index contributed by atoms with van der Waals surface area (Å²) < 4.78 is 6.54. The number of benzene rings is 2. The van der Waals surface area contributed by atoms with Gasteiger partial charge >= 0.3 is 5.97 Å². The summed E-state index contributed by atoms with van der Waals surface area (Å²) in [7, 11) is 0. The molecule has 0 aliphatic heterocycles. The van der Waals surface area contributed by atoms with Gasteiger partial charge < -0.3 is 10.1 Å². The standard InChI is InChI=1S/C28H29N3O4S/c1-4-5-13-35-28(34)21-7-6-8-22(14-21)30-24(32)15-31-17-29-26-25(27(31)33)23(16-36-26)20-11-9-19(10-12-20)18(2)3/h6-12,14,16-18H,4-5,13,15H2,1-3H3,(H,30,32). The number of nitrogens with zero attached hydrogens (tertiary/aromatic N) is 2. The number of amides is 1. The molecule has 2 aromatic carbocycles. The first-order chi connectivity index (χ1) is 17.4. The van der Waals surface area contributed by atoms with Crippen LogP contribution in [0.5, 0.6) is 0 Å². The van der Waals surface area contributed by atoms with Crippen LogP contribution >= 0.6 is 11.3 Å². The van der Waals surface area contributed by atoms with Gasteiger partial charge in [0.2, 0.25) is 5.91 Å². The Morgan fingerprint density at radius 1 is 1.14 bits per heavy atom. The average molecular weight is 504 g/mol. The third kappa shape index (κ3) is 5.71. The molecule has 0 bridgehead atoms. The van der Waals surface area contributed by atoms with E-state index in [1.807, 2.05) is 24.4 Å². The molecule has 4 rings (SSSR count). The Balaban J connectivity index is 1.52. The summed E-state index contributed by atoms with van der Waals surface area (Å²) in [6, 6.07) is 14.7. The zero-order valence-electron chi connectivity index (χ0n) is 20.6. The Morgan fingerprint density at radius 3 is 2.64 bits per heavy atom. The van der Waals surface area contributed by atoms with E-state index >= 15 is 0 Å². The van der Waals surface area contributed by atoms with E-state index in [0.29, 0.717) is 34.0 Å². The maximum atomic E-state index is 13.3. The molecule has 0 aliphatic rings. The SMILES string of the molecule is CCCCOC(=O)c1cccc(NC(=O)Cn2cnc3scc(-c4ccc(C(C)C)cc4)c3c2=O)c1. The molecule has 8 heteroatoms. The zero-order chi connectivity index (χ0) is 25.7. The molecule has 186 valence electrons. The van der Waals surface area contributed by atoms with Crippen LogP contribution in [0.1, 0.15) is 55.5 Å². The number of carbonyl (C=O) groups excluding carboxylic acids is 2. The van der Waals surface area contributed by atoms with E-state index in [1.54, 1.807) is 24.3 Å². The first-order valence-electron chi connectivity index (χ1n) is 12.0. The van der Waals surface area contributed by atoms with E-state index in [2.05, 4.69) is 36.3 Å². The fourth-order valence-corrected chi connectivity index (χ4v) is 4.72. The van der Waals surface area contributed by atoms with E-state index in [9.17, 15) is 14.4 Å². The number of unbranched alkanes of at least 4 members (excludes halogenated alkanes) is 1. The fraction of sp³-hybridized carbons (Fsp3) is 0.286. The lowest BCUT2D eigenvalue weighted by atomic mass is 9.99. The number of hydrogen-bond donors (Lipinski definition) is 1. The second kappa shape index (κ2) is 11.3. The third-order valence-corrected chi connectivity index (χ3v) is 6.76. The number of fused-ring (bicyclic) bond motifs is 1. The van der Waals surface area contributed by atoms with E-state index in [0.717, 1.165) is 24.0 Å². The molecular weight excluding hydrogens is 474 g/mol. The molecule has 2 aromatic heterocycles. The van der Waals surface area contributed by atoms with Gasteiger partial charge in [0.05, 0.1) is 23.9 Å². The minimum Gasteiger partial charge on any atom is -0.462 e. The largest absolute Gasteiger partial charge is 0.462 e. The number of hydrogen-bond acceptors (Lipinski definition) is 6. The van der Waals surface area contributed by atoms with Crippen molar-refractivity contribution in [3.63, 3.8) is 0 Å². The van der Waals surface area contributed by atoms with Gasteiger partial charge in [0.1, 0.15) is 11.4 Å². The monoisotopic (exact) mass is 503 g/mol. The van der Waals surface area contributed by atoms with Crippen LogP contribution in [0.4, 0.5) is 5.69 Å². The molecule has 7 nitrogen and oxygen atoms in total. The molecule has 1 N–H and O–H groups in total. The first kappa shape index (κ1) is 25.3. The predicted octanol–water partition coefficient (Wildman–Crippen LogP) is 5.84. The molecule has 0 saturated heterocycles. The van der Waals surface area contributed by atoms with Gasteiger partial charge in [0, 0.05) is 16.6 Å². The lowest BCUT2D eigenvalue weighted by Crippen LogP contribution is -2.27. The van der Waals surface area contributed by atoms with Crippen molar-refractivity contribution in [2.24, 2.45) is 0 Å². The molecule has 0 fully saturated rings. The highest BCUT2D eigenvalue weighted by Gasteiger charge is 2.16. The van der Waals surface area contributed by atoms with Crippen molar-refractivity contribution in [2.45, 2.75) is 46.1 Å². The van der Waals surface area contributed by atoms with Crippen LogP contribution in [0.25, 0.3) is 21.3 Å². The maximum absolute atomic E-state index is 13.3. The Labute approximate surface area is 213 Å². The van der Waals surface area contributed by atoms with Gasteiger partial charge in [-0.15, -0.1) is 11.3 Å².